The minimum absolute atomic E-state index is 0.688. The number of hydrogen-bond donors (Lipinski definition) is 0. The zero-order chi connectivity index (χ0) is 61.5. The minimum Gasteiger partial charge on any atom is -0.309 e. The number of fused-ring (bicyclic) bond motifs is 16. The van der Waals surface area contributed by atoms with Gasteiger partial charge in [0.25, 0.3) is 0 Å². The van der Waals surface area contributed by atoms with Gasteiger partial charge in [0.05, 0.1) is 55.3 Å². The van der Waals surface area contributed by atoms with Crippen LogP contribution in [0.4, 0.5) is 0 Å². The quantitative estimate of drug-likeness (QED) is 0.142. The van der Waals surface area contributed by atoms with Crippen LogP contribution in [0.2, 0.25) is 0 Å². The van der Waals surface area contributed by atoms with Crippen LogP contribution in [0, 0.1) is 0 Å². The molecule has 5 heterocycles. The summed E-state index contributed by atoms with van der Waals surface area (Å²) in [5.41, 5.74) is 22.5. The van der Waals surface area contributed by atoms with Gasteiger partial charge in [0, 0.05) is 87.7 Å². The van der Waals surface area contributed by atoms with Crippen LogP contribution in [-0.2, 0) is 0 Å². The van der Waals surface area contributed by atoms with Gasteiger partial charge in [-0.15, -0.1) is 0 Å². The molecule has 0 bridgehead atoms. The average molecular weight is 1200 g/mol. The Morgan fingerprint density at radius 2 is 0.521 bits per heavy atom. The maximum Gasteiger partial charge on any atom is 0.160 e. The van der Waals surface area contributed by atoms with Crippen molar-refractivity contribution < 1.29 is 0 Å². The van der Waals surface area contributed by atoms with Crippen molar-refractivity contribution in [1.29, 1.82) is 0 Å². The molecule has 0 radical (unpaired) electrons. The van der Waals surface area contributed by atoms with Crippen LogP contribution < -0.4 is 0 Å². The molecule has 0 atom stereocenters. The zero-order valence-electron chi connectivity index (χ0n) is 50.9. The number of nitrogens with zero attached hydrogens (tertiary/aromatic N) is 6. The smallest absolute Gasteiger partial charge is 0.160 e. The van der Waals surface area contributed by atoms with Gasteiger partial charge in [0.2, 0.25) is 0 Å². The van der Waals surface area contributed by atoms with Crippen LogP contribution in [-0.4, -0.2) is 28.2 Å². The van der Waals surface area contributed by atoms with Gasteiger partial charge in [-0.2, -0.15) is 0 Å². The van der Waals surface area contributed by atoms with E-state index in [1.165, 1.54) is 98.4 Å². The van der Waals surface area contributed by atoms with Gasteiger partial charge < -0.3 is 18.3 Å². The predicted molar refractivity (Wildman–Crippen MR) is 394 cm³/mol. The summed E-state index contributed by atoms with van der Waals surface area (Å²) >= 11 is 0. The molecule has 94 heavy (non-hydrogen) atoms. The van der Waals surface area contributed by atoms with Crippen molar-refractivity contribution in [2.75, 3.05) is 0 Å². The van der Waals surface area contributed by atoms with E-state index in [2.05, 4.69) is 346 Å². The molecule has 6 heteroatoms. The Morgan fingerprint density at radius 3 is 1.00 bits per heavy atom. The summed E-state index contributed by atoms with van der Waals surface area (Å²) in [6, 6.07) is 120. The molecule has 15 aromatic carbocycles. The monoisotopic (exact) mass is 1190 g/mol. The van der Waals surface area contributed by atoms with Crippen LogP contribution in [0.1, 0.15) is 0 Å². The fourth-order valence-electron chi connectivity index (χ4n) is 15.4. The summed E-state index contributed by atoms with van der Waals surface area (Å²) in [4.78, 5) is 11.0. The molecule has 0 aliphatic rings. The molecule has 0 spiro atoms. The molecule has 0 saturated heterocycles. The molecule has 0 unspecified atom stereocenters. The van der Waals surface area contributed by atoms with Crippen molar-refractivity contribution in [1.82, 2.24) is 28.2 Å². The summed E-state index contributed by atoms with van der Waals surface area (Å²) in [6.45, 7) is 0. The third kappa shape index (κ3) is 7.96. The molecule has 20 aromatic rings. The highest BCUT2D eigenvalue weighted by Crippen LogP contribution is 2.43. The third-order valence-electron chi connectivity index (χ3n) is 19.7. The van der Waals surface area contributed by atoms with Gasteiger partial charge in [-0.05, 0) is 172 Å². The van der Waals surface area contributed by atoms with Crippen molar-refractivity contribution in [2.45, 2.75) is 0 Å². The Morgan fingerprint density at radius 1 is 0.181 bits per heavy atom. The first-order valence-corrected chi connectivity index (χ1v) is 32.2. The lowest BCUT2D eigenvalue weighted by Crippen LogP contribution is -1.97. The van der Waals surface area contributed by atoms with Crippen LogP contribution in [0.15, 0.2) is 328 Å². The van der Waals surface area contributed by atoms with Gasteiger partial charge in [-0.25, -0.2) is 9.97 Å². The molecule has 0 N–H and O–H groups in total. The highest BCUT2D eigenvalue weighted by atomic mass is 15.0. The fourth-order valence-corrected chi connectivity index (χ4v) is 15.4. The molecule has 5 aromatic heterocycles. The number of benzene rings is 15. The van der Waals surface area contributed by atoms with Crippen LogP contribution in [0.3, 0.4) is 0 Å². The van der Waals surface area contributed by atoms with Crippen molar-refractivity contribution in [3.8, 4) is 67.6 Å². The molecule has 6 nitrogen and oxygen atoms in total. The first-order chi connectivity index (χ1) is 46.6. The second-order valence-corrected chi connectivity index (χ2v) is 24.9. The molecular formula is C88H54N6. The highest BCUT2D eigenvalue weighted by molar-refractivity contribution is 6.16. The van der Waals surface area contributed by atoms with E-state index in [1.54, 1.807) is 0 Å². The van der Waals surface area contributed by atoms with Gasteiger partial charge in [0.1, 0.15) is 0 Å². The van der Waals surface area contributed by atoms with E-state index in [0.717, 1.165) is 83.1 Å². The lowest BCUT2D eigenvalue weighted by atomic mass is 10.0. The summed E-state index contributed by atoms with van der Waals surface area (Å²) in [5.74, 6) is 0.688. The number of rotatable bonds is 8. The minimum atomic E-state index is 0.688. The molecule has 0 saturated carbocycles. The number of aromatic nitrogens is 6. The maximum atomic E-state index is 5.51. The molecular weight excluding hydrogens is 1140 g/mol. The van der Waals surface area contributed by atoms with Crippen LogP contribution in [0.5, 0.6) is 0 Å². The van der Waals surface area contributed by atoms with Crippen molar-refractivity contribution in [3.05, 3.63) is 328 Å². The largest absolute Gasteiger partial charge is 0.309 e. The van der Waals surface area contributed by atoms with Gasteiger partial charge >= 0.3 is 0 Å². The lowest BCUT2D eigenvalue weighted by molar-refractivity contribution is 1.18. The van der Waals surface area contributed by atoms with E-state index in [4.69, 9.17) is 9.97 Å². The van der Waals surface area contributed by atoms with Crippen molar-refractivity contribution in [2.24, 2.45) is 0 Å². The Labute approximate surface area is 540 Å². The number of hydrogen-bond acceptors (Lipinski definition) is 2. The maximum absolute atomic E-state index is 5.51. The summed E-state index contributed by atoms with van der Waals surface area (Å²) in [5, 5.41) is 15.4. The number of para-hydroxylation sites is 6. The second-order valence-electron chi connectivity index (χ2n) is 24.9. The van der Waals surface area contributed by atoms with E-state index in [-0.39, 0.29) is 0 Å². The second kappa shape index (κ2) is 20.4. The Bertz CT molecular complexity index is 6520. The zero-order valence-corrected chi connectivity index (χ0v) is 50.9. The van der Waals surface area contributed by atoms with Gasteiger partial charge in [-0.1, -0.05) is 194 Å². The van der Waals surface area contributed by atoms with Gasteiger partial charge in [0.15, 0.2) is 5.82 Å². The Balaban J connectivity index is 0.652. The molecule has 0 aliphatic carbocycles. The van der Waals surface area contributed by atoms with E-state index in [9.17, 15) is 0 Å². The summed E-state index contributed by atoms with van der Waals surface area (Å²) in [7, 11) is 0. The first-order valence-electron chi connectivity index (χ1n) is 32.2. The first kappa shape index (κ1) is 52.2. The molecule has 0 aliphatic heterocycles. The fraction of sp³-hybridized carbons (Fsp3) is 0. The SMILES string of the molecule is c1ccc(-n2c3ccccc3c3cc(-c4ccc5c(c4)c4ccccc4n5-c4ccc(-c5nc(-c6ccc7cc(-n8c9ccccc9c9cc(-c%10ccc%11c(c%10)c%10ccccc%10n%11-c%10ccccc%10)ccc98)ccc7c6)nc6c5ccc5ccccc56)cc4)ccc32)cc1. The summed E-state index contributed by atoms with van der Waals surface area (Å²) in [6.07, 6.45) is 0. The third-order valence-corrected chi connectivity index (χ3v) is 19.7. The molecule has 0 fully saturated rings. The van der Waals surface area contributed by atoms with Crippen LogP contribution >= 0.6 is 0 Å². The molecule has 436 valence electrons. The van der Waals surface area contributed by atoms with Crippen LogP contribution in [0.25, 0.3) is 187 Å². The molecule has 0 amide bonds. The van der Waals surface area contributed by atoms with E-state index in [1.807, 2.05) is 0 Å². The lowest BCUT2D eigenvalue weighted by Gasteiger charge is -2.14. The van der Waals surface area contributed by atoms with E-state index >= 15 is 0 Å². The highest BCUT2D eigenvalue weighted by Gasteiger charge is 2.21. The average Bonchev–Trinajstić information content (AvgIpc) is 1.53. The normalized spacial score (nSPS) is 12.0. The van der Waals surface area contributed by atoms with E-state index in [0.29, 0.717) is 5.82 Å². The Hall–Kier alpha value is -12.6. The molecule has 20 rings (SSSR count). The summed E-state index contributed by atoms with van der Waals surface area (Å²) < 4.78 is 9.57. The van der Waals surface area contributed by atoms with Crippen molar-refractivity contribution in [3.63, 3.8) is 0 Å². The Kier molecular flexibility index (Phi) is 11.3. The van der Waals surface area contributed by atoms with Crippen molar-refractivity contribution >= 4 is 120 Å². The predicted octanol–water partition coefficient (Wildman–Crippen LogP) is 23.0. The van der Waals surface area contributed by atoms with Gasteiger partial charge in [-0.3, -0.25) is 0 Å². The topological polar surface area (TPSA) is 45.5 Å². The van der Waals surface area contributed by atoms with E-state index < -0.39 is 0 Å². The standard InChI is InChI=1S/C88H54N6/c1-3-18-64(19-4-1)91-78-27-13-9-23-69(78)74-51-59(37-45-82(74)91)61-39-47-84-76(53-61)71-25-11-15-29-80(71)93(84)66-41-33-56(34-42-66)86-73-44-36-55-17-7-8-22-68(55)87(73)90-88(89-86)63-32-31-58-50-67(43-35-57(58)49-63)94-81-30-16-12-26-72(81)77-54-62(40-48-85(77)94)60-38-46-83-75(52-60)70-24-10-14-28-79(70)92(83)65-20-5-2-6-21-65/h1-54H.